The van der Waals surface area contributed by atoms with Gasteiger partial charge in [-0.2, -0.15) is 0 Å². The fraction of sp³-hybridized carbons (Fsp3) is 0.286. The van der Waals surface area contributed by atoms with Crippen LogP contribution in [-0.2, 0) is 10.7 Å². The predicted molar refractivity (Wildman–Crippen MR) is 86.5 cm³/mol. The molecule has 4 nitrogen and oxygen atoms in total. The number of benzene rings is 1. The third kappa shape index (κ3) is 4.33. The zero-order valence-electron chi connectivity index (χ0n) is 11.5. The number of hydrogen-bond donors (Lipinski definition) is 1. The number of anilines is 1. The van der Waals surface area contributed by atoms with Crippen molar-refractivity contribution in [3.63, 3.8) is 0 Å². The van der Waals surface area contributed by atoms with Crippen LogP contribution in [0, 0.1) is 0 Å². The second kappa shape index (κ2) is 6.64. The number of nitrogens with one attached hydrogen (secondary N) is 1. The maximum Gasteiger partial charge on any atom is 0.269 e. The van der Waals surface area contributed by atoms with E-state index < -0.39 is 5.60 Å². The summed E-state index contributed by atoms with van der Waals surface area (Å²) >= 11 is 12.8. The fourth-order valence-electron chi connectivity index (χ4n) is 1.52. The zero-order chi connectivity index (χ0) is 15.5. The molecule has 7 heteroatoms. The summed E-state index contributed by atoms with van der Waals surface area (Å²) in [6.07, 6.45) is 0. The van der Waals surface area contributed by atoms with Crippen LogP contribution in [0.3, 0.4) is 0 Å². The molecule has 0 spiro atoms. The molecule has 2 aromatic rings. The number of aromatic nitrogens is 1. The third-order valence-corrected chi connectivity index (χ3v) is 3.97. The molecular formula is C14H14Cl2N2O2S. The fourth-order valence-corrected chi connectivity index (χ4v) is 2.58. The minimum Gasteiger partial charge on any atom is -0.478 e. The maximum atomic E-state index is 12.3. The first kappa shape index (κ1) is 16.1. The van der Waals surface area contributed by atoms with Crippen LogP contribution in [0.15, 0.2) is 29.6 Å². The van der Waals surface area contributed by atoms with Gasteiger partial charge in [0.25, 0.3) is 5.91 Å². The quantitative estimate of drug-likeness (QED) is 0.821. The van der Waals surface area contributed by atoms with Crippen LogP contribution >= 0.6 is 34.5 Å². The Hall–Kier alpha value is -1.30. The highest BCUT2D eigenvalue weighted by Gasteiger charge is 2.30. The van der Waals surface area contributed by atoms with E-state index in [0.29, 0.717) is 21.8 Å². The van der Waals surface area contributed by atoms with E-state index in [1.54, 1.807) is 43.5 Å². The molecule has 1 aromatic heterocycles. The maximum absolute atomic E-state index is 12.3. The van der Waals surface area contributed by atoms with Gasteiger partial charge in [-0.15, -0.1) is 22.9 Å². The summed E-state index contributed by atoms with van der Waals surface area (Å²) in [6.45, 7) is 3.38. The summed E-state index contributed by atoms with van der Waals surface area (Å²) in [7, 11) is 0. The smallest absolute Gasteiger partial charge is 0.269 e. The highest BCUT2D eigenvalue weighted by atomic mass is 35.5. The molecule has 0 fully saturated rings. The highest BCUT2D eigenvalue weighted by Crippen LogP contribution is 2.23. The second-order valence-corrected chi connectivity index (χ2v) is 6.36. The molecule has 0 aliphatic carbocycles. The summed E-state index contributed by atoms with van der Waals surface area (Å²) in [5.41, 5.74) is -0.311. The first-order valence-corrected chi connectivity index (χ1v) is 7.96. The number of nitrogens with zero attached hydrogens (tertiary/aromatic N) is 1. The molecule has 1 heterocycles. The van der Waals surface area contributed by atoms with Gasteiger partial charge in [0.2, 0.25) is 0 Å². The van der Waals surface area contributed by atoms with Gasteiger partial charge in [0.1, 0.15) is 5.75 Å². The van der Waals surface area contributed by atoms with Gasteiger partial charge in [0, 0.05) is 10.4 Å². The molecule has 2 rings (SSSR count). The van der Waals surface area contributed by atoms with Gasteiger partial charge in [0.15, 0.2) is 10.7 Å². The average Bonchev–Trinajstić information content (AvgIpc) is 2.89. The number of carbonyl (C=O) groups excluding carboxylic acids is 1. The standard InChI is InChI=1S/C14H14Cl2N2O2S/c1-14(2,20-11-5-3-9(16)4-6-11)12(19)18-13-17-10(7-15)8-21-13/h3-6,8H,7H2,1-2H3,(H,17,18,19). The van der Waals surface area contributed by atoms with Crippen molar-refractivity contribution in [2.45, 2.75) is 25.3 Å². The van der Waals surface area contributed by atoms with E-state index in [0.717, 1.165) is 5.69 Å². The van der Waals surface area contributed by atoms with Gasteiger partial charge in [-0.25, -0.2) is 4.98 Å². The predicted octanol–water partition coefficient (Wildman–Crippen LogP) is 4.33. The van der Waals surface area contributed by atoms with E-state index in [1.807, 2.05) is 0 Å². The molecular weight excluding hydrogens is 331 g/mol. The van der Waals surface area contributed by atoms with Crippen molar-refractivity contribution in [2.75, 3.05) is 5.32 Å². The lowest BCUT2D eigenvalue weighted by Gasteiger charge is -2.24. The molecule has 0 atom stereocenters. The van der Waals surface area contributed by atoms with Crippen LogP contribution in [0.25, 0.3) is 0 Å². The largest absolute Gasteiger partial charge is 0.478 e. The molecule has 0 aliphatic rings. The Morgan fingerprint density at radius 3 is 2.62 bits per heavy atom. The molecule has 21 heavy (non-hydrogen) atoms. The molecule has 0 bridgehead atoms. The SMILES string of the molecule is CC(C)(Oc1ccc(Cl)cc1)C(=O)Nc1nc(CCl)cs1. The van der Waals surface area contributed by atoms with Crippen LogP contribution in [0.1, 0.15) is 19.5 Å². The van der Waals surface area contributed by atoms with E-state index in [2.05, 4.69) is 10.3 Å². The Kier molecular flexibility index (Phi) is 5.08. The molecule has 0 unspecified atom stereocenters. The van der Waals surface area contributed by atoms with Gasteiger partial charge in [-0.1, -0.05) is 11.6 Å². The van der Waals surface area contributed by atoms with E-state index in [-0.39, 0.29) is 5.91 Å². The number of amides is 1. The van der Waals surface area contributed by atoms with Crippen LogP contribution < -0.4 is 10.1 Å². The number of alkyl halides is 1. The molecule has 0 saturated carbocycles. The van der Waals surface area contributed by atoms with Crippen LogP contribution in [0.5, 0.6) is 5.75 Å². The van der Waals surface area contributed by atoms with Gasteiger partial charge in [-0.3, -0.25) is 10.1 Å². The lowest BCUT2D eigenvalue weighted by molar-refractivity contribution is -0.128. The number of thiazole rings is 1. The minimum absolute atomic E-state index is 0.284. The number of carbonyl (C=O) groups is 1. The monoisotopic (exact) mass is 344 g/mol. The lowest BCUT2D eigenvalue weighted by atomic mass is 10.1. The Balaban J connectivity index is 2.03. The summed E-state index contributed by atoms with van der Waals surface area (Å²) in [5.74, 6) is 0.602. The average molecular weight is 345 g/mol. The third-order valence-electron chi connectivity index (χ3n) is 2.64. The Labute approximate surface area is 137 Å². The van der Waals surface area contributed by atoms with Crippen molar-refractivity contribution < 1.29 is 9.53 Å². The van der Waals surface area contributed by atoms with E-state index in [4.69, 9.17) is 27.9 Å². The number of rotatable bonds is 5. The van der Waals surface area contributed by atoms with Crippen molar-refractivity contribution in [3.8, 4) is 5.75 Å². The van der Waals surface area contributed by atoms with E-state index >= 15 is 0 Å². The van der Waals surface area contributed by atoms with Gasteiger partial charge in [-0.05, 0) is 38.1 Å². The minimum atomic E-state index is -1.04. The summed E-state index contributed by atoms with van der Waals surface area (Å²) < 4.78 is 5.70. The zero-order valence-corrected chi connectivity index (χ0v) is 13.9. The summed E-state index contributed by atoms with van der Waals surface area (Å²) in [6, 6.07) is 6.84. The van der Waals surface area contributed by atoms with Crippen LogP contribution in [0.4, 0.5) is 5.13 Å². The lowest BCUT2D eigenvalue weighted by Crippen LogP contribution is -2.42. The van der Waals surface area contributed by atoms with Gasteiger partial charge < -0.3 is 4.74 Å². The van der Waals surface area contributed by atoms with Gasteiger partial charge >= 0.3 is 0 Å². The second-order valence-electron chi connectivity index (χ2n) is 4.80. The Bertz CT molecular complexity index is 626. The first-order chi connectivity index (χ1) is 9.90. The van der Waals surface area contributed by atoms with Crippen molar-refractivity contribution in [1.82, 2.24) is 4.98 Å². The summed E-state index contributed by atoms with van der Waals surface area (Å²) in [4.78, 5) is 16.5. The number of hydrogen-bond acceptors (Lipinski definition) is 4. The van der Waals surface area contributed by atoms with Crippen LogP contribution in [0.2, 0.25) is 5.02 Å². The Morgan fingerprint density at radius 1 is 1.38 bits per heavy atom. The van der Waals surface area contributed by atoms with E-state index in [1.165, 1.54) is 11.3 Å². The molecule has 1 N–H and O–H groups in total. The molecule has 0 saturated heterocycles. The number of ether oxygens (including phenoxy) is 1. The van der Waals surface area contributed by atoms with E-state index in [9.17, 15) is 4.79 Å². The molecule has 0 aliphatic heterocycles. The Morgan fingerprint density at radius 2 is 2.05 bits per heavy atom. The molecule has 1 aromatic carbocycles. The van der Waals surface area contributed by atoms with Crippen molar-refractivity contribution in [1.29, 1.82) is 0 Å². The molecule has 112 valence electrons. The first-order valence-electron chi connectivity index (χ1n) is 6.17. The normalized spacial score (nSPS) is 11.2. The van der Waals surface area contributed by atoms with Crippen molar-refractivity contribution in [2.24, 2.45) is 0 Å². The molecule has 0 radical (unpaired) electrons. The van der Waals surface area contributed by atoms with Gasteiger partial charge in [0.05, 0.1) is 11.6 Å². The van der Waals surface area contributed by atoms with Crippen molar-refractivity contribution in [3.05, 3.63) is 40.4 Å². The highest BCUT2D eigenvalue weighted by molar-refractivity contribution is 7.14. The van der Waals surface area contributed by atoms with Crippen LogP contribution in [-0.4, -0.2) is 16.5 Å². The number of halogens is 2. The topological polar surface area (TPSA) is 51.2 Å². The summed E-state index contributed by atoms with van der Waals surface area (Å²) in [5, 5.41) is 5.64. The van der Waals surface area contributed by atoms with Crippen molar-refractivity contribution >= 4 is 45.6 Å². The molecule has 1 amide bonds.